The van der Waals surface area contributed by atoms with Crippen LogP contribution in [0, 0.1) is 0 Å². The van der Waals surface area contributed by atoms with E-state index in [0.717, 1.165) is 10.5 Å². The van der Waals surface area contributed by atoms with Crippen LogP contribution >= 0.6 is 11.8 Å². The zero-order valence-electron chi connectivity index (χ0n) is 21.3. The Morgan fingerprint density at radius 3 is 1.82 bits per heavy atom. The molecule has 2 N–H and O–H groups in total. The number of rotatable bonds is 10. The highest BCUT2D eigenvalue weighted by Crippen LogP contribution is 2.37. The Hall–Kier alpha value is -4.43. The monoisotopic (exact) mass is 528 g/mol. The third-order valence-electron chi connectivity index (χ3n) is 5.72. The number of amides is 2. The number of ether oxygens (including phenoxy) is 3. The molecule has 0 heterocycles. The number of nitrogens with one attached hydrogen (secondary N) is 2. The Labute approximate surface area is 226 Å². The van der Waals surface area contributed by atoms with E-state index in [1.54, 1.807) is 61.7 Å². The lowest BCUT2D eigenvalue weighted by Crippen LogP contribution is -2.19. The molecular formula is C30H28N2O5S. The zero-order valence-corrected chi connectivity index (χ0v) is 22.1. The van der Waals surface area contributed by atoms with Crippen molar-refractivity contribution in [2.75, 3.05) is 32.0 Å². The van der Waals surface area contributed by atoms with Crippen LogP contribution in [0.1, 0.15) is 21.2 Å². The van der Waals surface area contributed by atoms with Crippen LogP contribution in [-0.4, -0.2) is 33.1 Å². The van der Waals surface area contributed by atoms with Crippen molar-refractivity contribution in [1.82, 2.24) is 0 Å². The molecule has 0 fully saturated rings. The second-order valence-electron chi connectivity index (χ2n) is 8.14. The molecule has 7 nitrogen and oxygen atoms in total. The van der Waals surface area contributed by atoms with Crippen molar-refractivity contribution in [3.8, 4) is 17.2 Å². The highest BCUT2D eigenvalue weighted by molar-refractivity contribution is 8.00. The van der Waals surface area contributed by atoms with E-state index in [1.807, 2.05) is 42.5 Å². The fourth-order valence-corrected chi connectivity index (χ4v) is 4.83. The average molecular weight is 529 g/mol. The Morgan fingerprint density at radius 1 is 0.658 bits per heavy atom. The fourth-order valence-electron chi connectivity index (χ4n) is 3.80. The summed E-state index contributed by atoms with van der Waals surface area (Å²) in [7, 11) is 4.61. The van der Waals surface area contributed by atoms with Gasteiger partial charge in [0.05, 0.1) is 21.3 Å². The van der Waals surface area contributed by atoms with Gasteiger partial charge in [0.15, 0.2) is 0 Å². The molecule has 0 radical (unpaired) electrons. The smallest absolute Gasteiger partial charge is 0.263 e. The molecule has 38 heavy (non-hydrogen) atoms. The van der Waals surface area contributed by atoms with Gasteiger partial charge < -0.3 is 24.8 Å². The molecule has 0 saturated heterocycles. The molecule has 4 aromatic carbocycles. The van der Waals surface area contributed by atoms with Crippen LogP contribution in [0.5, 0.6) is 17.2 Å². The molecule has 0 saturated carbocycles. The maximum absolute atomic E-state index is 13.3. The average Bonchev–Trinajstić information content (AvgIpc) is 2.97. The molecule has 0 aromatic heterocycles. The minimum Gasteiger partial charge on any atom is -0.497 e. The molecule has 8 heteroatoms. The normalized spacial score (nSPS) is 11.2. The number of thioether (sulfide) groups is 1. The van der Waals surface area contributed by atoms with Crippen LogP contribution in [0.4, 0.5) is 11.4 Å². The summed E-state index contributed by atoms with van der Waals surface area (Å²) in [6.07, 6.45) is 0. The molecule has 4 rings (SSSR count). The van der Waals surface area contributed by atoms with Gasteiger partial charge in [-0.3, -0.25) is 9.59 Å². The molecule has 4 aromatic rings. The molecule has 0 spiro atoms. The molecule has 1 atom stereocenters. The van der Waals surface area contributed by atoms with E-state index in [-0.39, 0.29) is 11.8 Å². The van der Waals surface area contributed by atoms with E-state index in [2.05, 4.69) is 10.6 Å². The number of carbonyl (C=O) groups is 2. The number of anilines is 2. The van der Waals surface area contributed by atoms with Crippen molar-refractivity contribution in [3.05, 3.63) is 108 Å². The minimum absolute atomic E-state index is 0.146. The highest BCUT2D eigenvalue weighted by Gasteiger charge is 2.23. The van der Waals surface area contributed by atoms with Crippen LogP contribution in [-0.2, 0) is 4.79 Å². The number of carbonyl (C=O) groups excluding carboxylic acids is 2. The van der Waals surface area contributed by atoms with Crippen LogP contribution in [0.2, 0.25) is 0 Å². The quantitative estimate of drug-likeness (QED) is 0.231. The minimum atomic E-state index is -0.489. The molecule has 0 aliphatic heterocycles. The van der Waals surface area contributed by atoms with Crippen molar-refractivity contribution in [3.63, 3.8) is 0 Å². The summed E-state index contributed by atoms with van der Waals surface area (Å²) in [4.78, 5) is 27.2. The Kier molecular flexibility index (Phi) is 8.89. The Bertz CT molecular complexity index is 1350. The highest BCUT2D eigenvalue weighted by atomic mass is 32.2. The van der Waals surface area contributed by atoms with Crippen LogP contribution in [0.25, 0.3) is 0 Å². The lowest BCUT2D eigenvalue weighted by Gasteiger charge is -2.18. The first-order valence-electron chi connectivity index (χ1n) is 11.8. The van der Waals surface area contributed by atoms with Crippen molar-refractivity contribution >= 4 is 35.0 Å². The van der Waals surface area contributed by atoms with Gasteiger partial charge in [0.25, 0.3) is 5.91 Å². The maximum Gasteiger partial charge on any atom is 0.263 e. The Balaban J connectivity index is 1.50. The molecule has 0 bridgehead atoms. The molecular weight excluding hydrogens is 500 g/mol. The fraction of sp³-hybridized carbons (Fsp3) is 0.133. The van der Waals surface area contributed by atoms with E-state index < -0.39 is 5.25 Å². The summed E-state index contributed by atoms with van der Waals surface area (Å²) in [5, 5.41) is 5.39. The molecule has 0 aliphatic rings. The van der Waals surface area contributed by atoms with Crippen LogP contribution < -0.4 is 24.8 Å². The third kappa shape index (κ3) is 6.46. The standard InChI is InChI=1S/C30H28N2O5S/c1-35-23-16-12-21(13-17-23)32-30(34)28(20-8-5-4-6-9-20)38-24-18-14-22(15-19-24)31-29(33)27-25(36-2)10-7-11-26(27)37-3/h4-19,28H,1-3H3,(H,31,33)(H,32,34). The number of benzene rings is 4. The van der Waals surface area contributed by atoms with Crippen molar-refractivity contribution in [1.29, 1.82) is 0 Å². The molecule has 0 aliphatic carbocycles. The van der Waals surface area contributed by atoms with E-state index in [0.29, 0.717) is 34.2 Å². The summed E-state index contributed by atoms with van der Waals surface area (Å²) >= 11 is 1.42. The lowest BCUT2D eigenvalue weighted by atomic mass is 10.1. The summed E-state index contributed by atoms with van der Waals surface area (Å²) < 4.78 is 15.9. The van der Waals surface area contributed by atoms with Crippen LogP contribution in [0.3, 0.4) is 0 Å². The number of methoxy groups -OCH3 is 3. The number of hydrogen-bond acceptors (Lipinski definition) is 6. The largest absolute Gasteiger partial charge is 0.497 e. The van der Waals surface area contributed by atoms with Gasteiger partial charge in [-0.2, -0.15) is 0 Å². The van der Waals surface area contributed by atoms with Gasteiger partial charge in [-0.05, 0) is 66.2 Å². The summed E-state index contributed by atoms with van der Waals surface area (Å²) in [6, 6.07) is 29.3. The van der Waals surface area contributed by atoms with Gasteiger partial charge in [0.2, 0.25) is 5.91 Å². The summed E-state index contributed by atoms with van der Waals surface area (Å²) in [5.74, 6) is 1.06. The van der Waals surface area contributed by atoms with E-state index in [1.165, 1.54) is 26.0 Å². The second-order valence-corrected chi connectivity index (χ2v) is 9.32. The molecule has 2 amide bonds. The first-order chi connectivity index (χ1) is 18.5. The van der Waals surface area contributed by atoms with E-state index in [9.17, 15) is 9.59 Å². The van der Waals surface area contributed by atoms with Gasteiger partial charge in [-0.15, -0.1) is 11.8 Å². The first-order valence-corrected chi connectivity index (χ1v) is 12.7. The maximum atomic E-state index is 13.3. The third-order valence-corrected chi connectivity index (χ3v) is 6.99. The van der Waals surface area contributed by atoms with Gasteiger partial charge in [-0.1, -0.05) is 36.4 Å². The SMILES string of the molecule is COc1ccc(NC(=O)C(Sc2ccc(NC(=O)c3c(OC)cccc3OC)cc2)c2ccccc2)cc1. The lowest BCUT2D eigenvalue weighted by molar-refractivity contribution is -0.115. The van der Waals surface area contributed by atoms with Crippen molar-refractivity contribution in [2.45, 2.75) is 10.1 Å². The van der Waals surface area contributed by atoms with Crippen LogP contribution in [0.15, 0.2) is 102 Å². The van der Waals surface area contributed by atoms with E-state index >= 15 is 0 Å². The van der Waals surface area contributed by atoms with Gasteiger partial charge in [0, 0.05) is 16.3 Å². The second kappa shape index (κ2) is 12.7. The van der Waals surface area contributed by atoms with Crippen molar-refractivity contribution < 1.29 is 23.8 Å². The first kappa shape index (κ1) is 26.6. The summed E-state index contributed by atoms with van der Waals surface area (Å²) in [6.45, 7) is 0. The predicted molar refractivity (Wildman–Crippen MR) is 151 cm³/mol. The van der Waals surface area contributed by atoms with Gasteiger partial charge in [0.1, 0.15) is 28.1 Å². The summed E-state index contributed by atoms with van der Waals surface area (Å²) in [5.41, 5.74) is 2.48. The van der Waals surface area contributed by atoms with E-state index in [4.69, 9.17) is 14.2 Å². The van der Waals surface area contributed by atoms with Crippen molar-refractivity contribution in [2.24, 2.45) is 0 Å². The molecule has 1 unspecified atom stereocenters. The zero-order chi connectivity index (χ0) is 26.9. The van der Waals surface area contributed by atoms with Gasteiger partial charge >= 0.3 is 0 Å². The topological polar surface area (TPSA) is 85.9 Å². The number of hydrogen-bond donors (Lipinski definition) is 2. The predicted octanol–water partition coefficient (Wildman–Crippen LogP) is 6.44. The Morgan fingerprint density at radius 2 is 1.24 bits per heavy atom. The van der Waals surface area contributed by atoms with Gasteiger partial charge in [-0.25, -0.2) is 0 Å². The molecule has 194 valence electrons.